The highest BCUT2D eigenvalue weighted by Crippen LogP contribution is 2.22. The predicted octanol–water partition coefficient (Wildman–Crippen LogP) is 3.56. The third-order valence-corrected chi connectivity index (χ3v) is 3.21. The third kappa shape index (κ3) is 4.13. The molecule has 0 bridgehead atoms. The van der Waals surface area contributed by atoms with Gasteiger partial charge in [-0.05, 0) is 55.3 Å². The number of halogens is 1. The van der Waals surface area contributed by atoms with Gasteiger partial charge in [0.1, 0.15) is 5.75 Å². The molecule has 0 aliphatic heterocycles. The average Bonchev–Trinajstić information content (AvgIpc) is 2.41. The van der Waals surface area contributed by atoms with Crippen molar-refractivity contribution >= 4 is 28.9 Å². The van der Waals surface area contributed by atoms with Crippen LogP contribution in [0.1, 0.15) is 11.1 Å². The lowest BCUT2D eigenvalue weighted by Crippen LogP contribution is -2.21. The molecule has 0 aliphatic carbocycles. The molecule has 21 heavy (non-hydrogen) atoms. The molecular formula is C16H17ClN2O2. The summed E-state index contributed by atoms with van der Waals surface area (Å²) in [7, 11) is 0. The molecule has 0 atom stereocenters. The molecule has 2 aromatic rings. The van der Waals surface area contributed by atoms with E-state index in [4.69, 9.17) is 22.1 Å². The number of nitrogens with two attached hydrogens (primary N) is 1. The predicted molar refractivity (Wildman–Crippen MR) is 85.9 cm³/mol. The van der Waals surface area contributed by atoms with Crippen molar-refractivity contribution in [1.29, 1.82) is 0 Å². The zero-order valence-electron chi connectivity index (χ0n) is 11.9. The average molecular weight is 305 g/mol. The van der Waals surface area contributed by atoms with E-state index in [2.05, 4.69) is 5.32 Å². The Morgan fingerprint density at radius 2 is 2.00 bits per heavy atom. The van der Waals surface area contributed by atoms with Gasteiger partial charge in [-0.2, -0.15) is 0 Å². The highest BCUT2D eigenvalue weighted by molar-refractivity contribution is 6.30. The molecule has 4 nitrogen and oxygen atoms in total. The van der Waals surface area contributed by atoms with Crippen molar-refractivity contribution in [2.75, 3.05) is 17.7 Å². The second-order valence-electron chi connectivity index (χ2n) is 4.84. The van der Waals surface area contributed by atoms with Gasteiger partial charge in [0, 0.05) is 5.02 Å². The first-order valence-electron chi connectivity index (χ1n) is 6.50. The zero-order chi connectivity index (χ0) is 15.4. The molecule has 0 saturated heterocycles. The SMILES string of the molecule is Cc1ccc(NC(=O)COc2ccc(Cl)cc2C)c(N)c1. The fourth-order valence-electron chi connectivity index (χ4n) is 1.90. The number of hydrogen-bond acceptors (Lipinski definition) is 3. The van der Waals surface area contributed by atoms with Crippen LogP contribution in [0.15, 0.2) is 36.4 Å². The Morgan fingerprint density at radius 3 is 2.67 bits per heavy atom. The van der Waals surface area contributed by atoms with Crippen molar-refractivity contribution in [1.82, 2.24) is 0 Å². The molecule has 0 saturated carbocycles. The van der Waals surface area contributed by atoms with Crippen LogP contribution < -0.4 is 15.8 Å². The fourth-order valence-corrected chi connectivity index (χ4v) is 2.13. The van der Waals surface area contributed by atoms with Gasteiger partial charge < -0.3 is 15.8 Å². The van der Waals surface area contributed by atoms with Crippen molar-refractivity contribution < 1.29 is 9.53 Å². The molecule has 0 fully saturated rings. The molecule has 0 radical (unpaired) electrons. The second-order valence-corrected chi connectivity index (χ2v) is 5.27. The van der Waals surface area contributed by atoms with E-state index >= 15 is 0 Å². The van der Waals surface area contributed by atoms with Crippen LogP contribution in [-0.4, -0.2) is 12.5 Å². The first-order valence-corrected chi connectivity index (χ1v) is 6.88. The van der Waals surface area contributed by atoms with Crippen LogP contribution in [0.2, 0.25) is 5.02 Å². The minimum Gasteiger partial charge on any atom is -0.483 e. The quantitative estimate of drug-likeness (QED) is 0.849. The summed E-state index contributed by atoms with van der Waals surface area (Å²) in [6.07, 6.45) is 0. The second kappa shape index (κ2) is 6.50. The summed E-state index contributed by atoms with van der Waals surface area (Å²) in [5.41, 5.74) is 8.89. The van der Waals surface area contributed by atoms with Gasteiger partial charge in [-0.15, -0.1) is 0 Å². The van der Waals surface area contributed by atoms with E-state index in [1.54, 1.807) is 30.3 Å². The van der Waals surface area contributed by atoms with Crippen LogP contribution in [0.5, 0.6) is 5.75 Å². The number of benzene rings is 2. The van der Waals surface area contributed by atoms with Gasteiger partial charge in [-0.25, -0.2) is 0 Å². The summed E-state index contributed by atoms with van der Waals surface area (Å²) >= 11 is 5.87. The topological polar surface area (TPSA) is 64.3 Å². The number of aryl methyl sites for hydroxylation is 2. The van der Waals surface area contributed by atoms with E-state index in [1.165, 1.54) is 0 Å². The molecule has 3 N–H and O–H groups in total. The van der Waals surface area contributed by atoms with Gasteiger partial charge in [0.15, 0.2) is 6.61 Å². The van der Waals surface area contributed by atoms with E-state index in [0.717, 1.165) is 11.1 Å². The molecule has 0 aromatic heterocycles. The number of nitrogen functional groups attached to an aromatic ring is 1. The van der Waals surface area contributed by atoms with Gasteiger partial charge in [0.05, 0.1) is 11.4 Å². The Labute approximate surface area is 128 Å². The summed E-state index contributed by atoms with van der Waals surface area (Å²) in [6, 6.07) is 10.7. The number of amides is 1. The molecule has 1 amide bonds. The van der Waals surface area contributed by atoms with Gasteiger partial charge >= 0.3 is 0 Å². The Bertz CT molecular complexity index is 671. The molecule has 2 aromatic carbocycles. The van der Waals surface area contributed by atoms with Crippen LogP contribution in [0, 0.1) is 13.8 Å². The maximum Gasteiger partial charge on any atom is 0.262 e. The molecule has 5 heteroatoms. The van der Waals surface area contributed by atoms with Crippen molar-refractivity contribution in [3.05, 3.63) is 52.5 Å². The van der Waals surface area contributed by atoms with Crippen LogP contribution in [0.4, 0.5) is 11.4 Å². The summed E-state index contributed by atoms with van der Waals surface area (Å²) in [5.74, 6) is 0.367. The molecule has 0 aliphatic rings. The Kier molecular flexibility index (Phi) is 4.70. The number of anilines is 2. The van der Waals surface area contributed by atoms with Crippen molar-refractivity contribution in [3.63, 3.8) is 0 Å². The van der Waals surface area contributed by atoms with Crippen molar-refractivity contribution in [2.45, 2.75) is 13.8 Å². The van der Waals surface area contributed by atoms with E-state index in [9.17, 15) is 4.79 Å². The van der Waals surface area contributed by atoms with Crippen LogP contribution in [-0.2, 0) is 4.79 Å². The monoisotopic (exact) mass is 304 g/mol. The molecule has 110 valence electrons. The lowest BCUT2D eigenvalue weighted by Gasteiger charge is -2.11. The first-order chi connectivity index (χ1) is 9.95. The van der Waals surface area contributed by atoms with Crippen LogP contribution >= 0.6 is 11.6 Å². The molecule has 0 unspecified atom stereocenters. The largest absolute Gasteiger partial charge is 0.483 e. The third-order valence-electron chi connectivity index (χ3n) is 2.98. The number of hydrogen-bond donors (Lipinski definition) is 2. The van der Waals surface area contributed by atoms with Gasteiger partial charge in [-0.3, -0.25) is 4.79 Å². The number of ether oxygens (including phenoxy) is 1. The standard InChI is InChI=1S/C16H17ClN2O2/c1-10-3-5-14(13(18)7-10)19-16(20)9-21-15-6-4-12(17)8-11(15)2/h3-8H,9,18H2,1-2H3,(H,19,20). The van der Waals surface area contributed by atoms with E-state index in [1.807, 2.05) is 19.9 Å². The van der Waals surface area contributed by atoms with Gasteiger partial charge in [0.25, 0.3) is 5.91 Å². The Balaban J connectivity index is 1.96. The normalized spacial score (nSPS) is 10.2. The highest BCUT2D eigenvalue weighted by atomic mass is 35.5. The fraction of sp³-hybridized carbons (Fsp3) is 0.188. The Morgan fingerprint density at radius 1 is 1.24 bits per heavy atom. The lowest BCUT2D eigenvalue weighted by molar-refractivity contribution is -0.118. The summed E-state index contributed by atoms with van der Waals surface area (Å²) in [6.45, 7) is 3.72. The van der Waals surface area contributed by atoms with Crippen LogP contribution in [0.25, 0.3) is 0 Å². The maximum atomic E-state index is 11.9. The minimum atomic E-state index is -0.264. The maximum absolute atomic E-state index is 11.9. The Hall–Kier alpha value is -2.20. The highest BCUT2D eigenvalue weighted by Gasteiger charge is 2.08. The molecule has 0 spiro atoms. The molecule has 0 heterocycles. The number of carbonyl (C=O) groups excluding carboxylic acids is 1. The lowest BCUT2D eigenvalue weighted by atomic mass is 10.2. The smallest absolute Gasteiger partial charge is 0.262 e. The minimum absolute atomic E-state index is 0.0875. The van der Waals surface area contributed by atoms with Crippen molar-refractivity contribution in [3.8, 4) is 5.75 Å². The van der Waals surface area contributed by atoms with E-state index in [-0.39, 0.29) is 12.5 Å². The van der Waals surface area contributed by atoms with Gasteiger partial charge in [-0.1, -0.05) is 17.7 Å². The number of rotatable bonds is 4. The van der Waals surface area contributed by atoms with Crippen molar-refractivity contribution in [2.24, 2.45) is 0 Å². The number of nitrogens with one attached hydrogen (secondary N) is 1. The van der Waals surface area contributed by atoms with Gasteiger partial charge in [0.2, 0.25) is 0 Å². The van der Waals surface area contributed by atoms with E-state index in [0.29, 0.717) is 22.1 Å². The van der Waals surface area contributed by atoms with E-state index < -0.39 is 0 Å². The molecular weight excluding hydrogens is 288 g/mol. The summed E-state index contributed by atoms with van der Waals surface area (Å²) in [4.78, 5) is 11.9. The van der Waals surface area contributed by atoms with Crippen LogP contribution in [0.3, 0.4) is 0 Å². The molecule has 2 rings (SSSR count). The summed E-state index contributed by atoms with van der Waals surface area (Å²) < 4.78 is 5.48. The first kappa shape index (κ1) is 15.2. The zero-order valence-corrected chi connectivity index (χ0v) is 12.7. The summed E-state index contributed by atoms with van der Waals surface area (Å²) in [5, 5.41) is 3.36. The number of carbonyl (C=O) groups is 1.